The predicted octanol–water partition coefficient (Wildman–Crippen LogP) is 2.31. The zero-order valence-corrected chi connectivity index (χ0v) is 10.6. The zero-order chi connectivity index (χ0) is 12.5. The minimum Gasteiger partial charge on any atom is -0.484 e. The van der Waals surface area contributed by atoms with Gasteiger partial charge in [-0.15, -0.1) is 6.58 Å². The molecule has 0 radical (unpaired) electrons. The largest absolute Gasteiger partial charge is 0.484 e. The van der Waals surface area contributed by atoms with E-state index >= 15 is 0 Å². The molecule has 1 aliphatic heterocycles. The monoisotopic (exact) mass is 232 g/mol. The van der Waals surface area contributed by atoms with E-state index in [1.54, 1.807) is 0 Å². The number of rotatable bonds is 3. The number of fused-ring (bicyclic) bond motifs is 1. The summed E-state index contributed by atoms with van der Waals surface area (Å²) < 4.78 is 6.01. The van der Waals surface area contributed by atoms with Crippen LogP contribution in [0.15, 0.2) is 30.9 Å². The van der Waals surface area contributed by atoms with Crippen molar-refractivity contribution in [3.8, 4) is 5.75 Å². The van der Waals surface area contributed by atoms with E-state index in [-0.39, 0.29) is 5.60 Å². The van der Waals surface area contributed by atoms with Crippen LogP contribution in [0.5, 0.6) is 5.75 Å². The Hall–Kier alpha value is -1.48. The highest BCUT2D eigenvalue weighted by molar-refractivity contribution is 5.62. The summed E-state index contributed by atoms with van der Waals surface area (Å²) in [5.74, 6) is 0.922. The second kappa shape index (κ2) is 4.41. The highest BCUT2D eigenvalue weighted by atomic mass is 16.5. The molecule has 17 heavy (non-hydrogen) atoms. The van der Waals surface area contributed by atoms with E-state index in [1.165, 1.54) is 0 Å². The number of nitrogens with two attached hydrogens (primary N) is 1. The van der Waals surface area contributed by atoms with Crippen LogP contribution in [0.2, 0.25) is 0 Å². The van der Waals surface area contributed by atoms with E-state index < -0.39 is 0 Å². The van der Waals surface area contributed by atoms with Gasteiger partial charge in [0.05, 0.1) is 12.2 Å². The fourth-order valence-corrected chi connectivity index (χ4v) is 2.22. The molecule has 0 aromatic heterocycles. The van der Waals surface area contributed by atoms with Gasteiger partial charge in [-0.3, -0.25) is 0 Å². The minimum absolute atomic E-state index is 0.177. The predicted molar refractivity (Wildman–Crippen MR) is 71.5 cm³/mol. The van der Waals surface area contributed by atoms with Crippen LogP contribution in [0.25, 0.3) is 0 Å². The molecule has 0 unspecified atom stereocenters. The molecule has 92 valence electrons. The number of hydrogen-bond acceptors (Lipinski definition) is 3. The van der Waals surface area contributed by atoms with E-state index in [2.05, 4.69) is 37.5 Å². The third-order valence-electron chi connectivity index (χ3n) is 2.91. The first-order chi connectivity index (χ1) is 8.05. The molecule has 0 amide bonds. The van der Waals surface area contributed by atoms with Crippen molar-refractivity contribution in [3.63, 3.8) is 0 Å². The second-order valence-electron chi connectivity index (χ2n) is 5.04. The fourth-order valence-electron chi connectivity index (χ4n) is 2.22. The molecule has 1 heterocycles. The average molecular weight is 232 g/mol. The van der Waals surface area contributed by atoms with Gasteiger partial charge in [0.15, 0.2) is 0 Å². The van der Waals surface area contributed by atoms with Gasteiger partial charge >= 0.3 is 0 Å². The zero-order valence-electron chi connectivity index (χ0n) is 10.6. The van der Waals surface area contributed by atoms with Gasteiger partial charge in [-0.2, -0.15) is 0 Å². The van der Waals surface area contributed by atoms with E-state index in [0.717, 1.165) is 30.1 Å². The number of nitrogens with zero attached hydrogens (tertiary/aromatic N) is 1. The molecular weight excluding hydrogens is 212 g/mol. The van der Waals surface area contributed by atoms with Gasteiger partial charge in [-0.1, -0.05) is 12.1 Å². The first kappa shape index (κ1) is 12.0. The lowest BCUT2D eigenvalue weighted by molar-refractivity contribution is 0.106. The molecule has 1 aromatic rings. The third kappa shape index (κ3) is 2.44. The maximum absolute atomic E-state index is 6.01. The normalized spacial score (nSPS) is 17.2. The summed E-state index contributed by atoms with van der Waals surface area (Å²) in [5.41, 5.74) is 7.70. The van der Waals surface area contributed by atoms with Gasteiger partial charge in [0, 0.05) is 13.1 Å². The van der Waals surface area contributed by atoms with Crippen molar-refractivity contribution in [2.45, 2.75) is 26.0 Å². The summed E-state index contributed by atoms with van der Waals surface area (Å²) in [5, 5.41) is 0. The van der Waals surface area contributed by atoms with Crippen molar-refractivity contribution in [2.75, 3.05) is 18.0 Å². The number of anilines is 1. The van der Waals surface area contributed by atoms with Crippen LogP contribution in [-0.4, -0.2) is 18.7 Å². The molecule has 2 N–H and O–H groups in total. The summed E-state index contributed by atoms with van der Waals surface area (Å²) in [6.45, 7) is 10.2. The van der Waals surface area contributed by atoms with E-state index in [0.29, 0.717) is 6.54 Å². The van der Waals surface area contributed by atoms with Gasteiger partial charge in [0.25, 0.3) is 0 Å². The van der Waals surface area contributed by atoms with Gasteiger partial charge in [0.1, 0.15) is 11.4 Å². The van der Waals surface area contributed by atoms with Gasteiger partial charge in [-0.25, -0.2) is 0 Å². The SMILES string of the molecule is C=CCN1CC(C)(C)Oc2cc(CN)ccc21. The number of benzene rings is 1. The first-order valence-corrected chi connectivity index (χ1v) is 5.93. The van der Waals surface area contributed by atoms with Crippen LogP contribution in [0, 0.1) is 0 Å². The van der Waals surface area contributed by atoms with Gasteiger partial charge in [-0.05, 0) is 31.5 Å². The second-order valence-corrected chi connectivity index (χ2v) is 5.04. The van der Waals surface area contributed by atoms with Crippen molar-refractivity contribution in [2.24, 2.45) is 5.73 Å². The molecule has 0 saturated carbocycles. The van der Waals surface area contributed by atoms with Crippen LogP contribution < -0.4 is 15.4 Å². The molecule has 0 aliphatic carbocycles. The highest BCUT2D eigenvalue weighted by Crippen LogP contribution is 2.37. The van der Waals surface area contributed by atoms with Crippen LogP contribution in [0.3, 0.4) is 0 Å². The molecule has 1 aromatic carbocycles. The van der Waals surface area contributed by atoms with Crippen LogP contribution in [0.4, 0.5) is 5.69 Å². The summed E-state index contributed by atoms with van der Waals surface area (Å²) in [6.07, 6.45) is 1.92. The van der Waals surface area contributed by atoms with E-state index in [4.69, 9.17) is 10.5 Å². The third-order valence-corrected chi connectivity index (χ3v) is 2.91. The summed E-state index contributed by atoms with van der Waals surface area (Å²) in [7, 11) is 0. The molecule has 0 spiro atoms. The maximum Gasteiger partial charge on any atom is 0.143 e. The topological polar surface area (TPSA) is 38.5 Å². The smallest absolute Gasteiger partial charge is 0.143 e. The highest BCUT2D eigenvalue weighted by Gasteiger charge is 2.31. The average Bonchev–Trinajstić information content (AvgIpc) is 2.27. The summed E-state index contributed by atoms with van der Waals surface area (Å²) in [4.78, 5) is 2.28. The Bertz CT molecular complexity index is 426. The number of hydrogen-bond donors (Lipinski definition) is 1. The Kier molecular flexibility index (Phi) is 3.11. The number of ether oxygens (including phenoxy) is 1. The Morgan fingerprint density at radius 3 is 2.94 bits per heavy atom. The lowest BCUT2D eigenvalue weighted by Crippen LogP contribution is -2.47. The van der Waals surface area contributed by atoms with E-state index in [1.807, 2.05) is 12.1 Å². The Morgan fingerprint density at radius 2 is 2.29 bits per heavy atom. The standard InChI is InChI=1S/C14H20N2O/c1-4-7-16-10-14(2,3)17-13-8-11(9-15)5-6-12(13)16/h4-6,8H,1,7,9-10,15H2,2-3H3. The molecule has 3 nitrogen and oxygen atoms in total. The van der Waals surface area contributed by atoms with Crippen molar-refractivity contribution < 1.29 is 4.74 Å². The van der Waals surface area contributed by atoms with Gasteiger partial charge < -0.3 is 15.4 Å². The minimum atomic E-state index is -0.177. The lowest BCUT2D eigenvalue weighted by atomic mass is 10.0. The summed E-state index contributed by atoms with van der Waals surface area (Å²) in [6, 6.07) is 6.17. The Labute approximate surface area is 103 Å². The van der Waals surface area contributed by atoms with Crippen molar-refractivity contribution in [3.05, 3.63) is 36.4 Å². The Balaban J connectivity index is 2.40. The van der Waals surface area contributed by atoms with Crippen LogP contribution >= 0.6 is 0 Å². The van der Waals surface area contributed by atoms with Gasteiger partial charge in [0.2, 0.25) is 0 Å². The lowest BCUT2D eigenvalue weighted by Gasteiger charge is -2.40. The molecular formula is C14H20N2O. The van der Waals surface area contributed by atoms with Crippen molar-refractivity contribution >= 4 is 5.69 Å². The molecule has 0 fully saturated rings. The molecule has 2 rings (SSSR count). The molecule has 0 saturated heterocycles. The Morgan fingerprint density at radius 1 is 1.53 bits per heavy atom. The molecule has 1 aliphatic rings. The first-order valence-electron chi connectivity index (χ1n) is 5.93. The molecule has 0 atom stereocenters. The molecule has 3 heteroatoms. The summed E-state index contributed by atoms with van der Waals surface area (Å²) >= 11 is 0. The maximum atomic E-state index is 6.01. The van der Waals surface area contributed by atoms with Crippen LogP contribution in [0.1, 0.15) is 19.4 Å². The van der Waals surface area contributed by atoms with Crippen molar-refractivity contribution in [1.29, 1.82) is 0 Å². The van der Waals surface area contributed by atoms with Crippen molar-refractivity contribution in [1.82, 2.24) is 0 Å². The quantitative estimate of drug-likeness (QED) is 0.813. The van der Waals surface area contributed by atoms with Crippen LogP contribution in [-0.2, 0) is 6.54 Å². The fraction of sp³-hybridized carbons (Fsp3) is 0.429. The van der Waals surface area contributed by atoms with E-state index in [9.17, 15) is 0 Å². The molecule has 0 bridgehead atoms.